The average molecular weight is 268 g/mol. The Morgan fingerprint density at radius 3 is 2.24 bits per heavy atom. The molecule has 5 atom stereocenters. The summed E-state index contributed by atoms with van der Waals surface area (Å²) in [5.74, 6) is 0.670. The van der Waals surface area contributed by atoms with Gasteiger partial charge in [0.15, 0.2) is 0 Å². The molecule has 1 saturated heterocycles. The minimum absolute atomic E-state index is 0.120. The molecule has 17 heavy (non-hydrogen) atoms. The number of unbranched alkanes of at least 4 members (excludes halogenated alkanes) is 1. The largest absolute Gasteiger partial charge is 0.396 e. The van der Waals surface area contributed by atoms with E-state index in [0.717, 1.165) is 6.42 Å². The SMILES string of the molecule is OCCCCS[C@@H]1O[C@H](CO)[C@@H](O)[C@H](O)[C@H]1O. The normalized spacial score (nSPS) is 38.3. The molecular formula is C10H20O6S. The lowest BCUT2D eigenvalue weighted by Gasteiger charge is -2.39. The van der Waals surface area contributed by atoms with Crippen molar-refractivity contribution in [2.75, 3.05) is 19.0 Å². The van der Waals surface area contributed by atoms with Gasteiger partial charge in [0.05, 0.1) is 6.61 Å². The summed E-state index contributed by atoms with van der Waals surface area (Å²) in [5.41, 5.74) is -0.663. The van der Waals surface area contributed by atoms with Gasteiger partial charge in [0, 0.05) is 6.61 Å². The van der Waals surface area contributed by atoms with E-state index in [1.165, 1.54) is 11.8 Å². The summed E-state index contributed by atoms with van der Waals surface area (Å²) >= 11 is 1.30. The summed E-state index contributed by atoms with van der Waals surface area (Å²) in [6, 6.07) is 0. The van der Waals surface area contributed by atoms with Crippen molar-refractivity contribution >= 4 is 11.8 Å². The van der Waals surface area contributed by atoms with Crippen LogP contribution in [0, 0.1) is 0 Å². The van der Waals surface area contributed by atoms with Crippen molar-refractivity contribution in [1.29, 1.82) is 0 Å². The number of thioether (sulfide) groups is 1. The number of rotatable bonds is 6. The van der Waals surface area contributed by atoms with E-state index in [1.807, 2.05) is 0 Å². The van der Waals surface area contributed by atoms with E-state index < -0.39 is 36.5 Å². The first kappa shape index (κ1) is 15.2. The van der Waals surface area contributed by atoms with Crippen molar-refractivity contribution in [3.63, 3.8) is 0 Å². The number of ether oxygens (including phenoxy) is 1. The van der Waals surface area contributed by atoms with Crippen LogP contribution in [-0.4, -0.2) is 74.4 Å². The Kier molecular flexibility index (Phi) is 6.71. The van der Waals surface area contributed by atoms with Crippen LogP contribution >= 0.6 is 11.8 Å². The maximum atomic E-state index is 9.69. The summed E-state index contributed by atoms with van der Waals surface area (Å²) in [4.78, 5) is 0. The summed E-state index contributed by atoms with van der Waals surface area (Å²) in [6.45, 7) is -0.284. The summed E-state index contributed by atoms with van der Waals surface area (Å²) in [6.07, 6.45) is -3.18. The molecule has 0 spiro atoms. The molecule has 0 aromatic heterocycles. The molecule has 0 radical (unpaired) electrons. The molecule has 0 saturated carbocycles. The van der Waals surface area contributed by atoms with E-state index in [0.29, 0.717) is 12.2 Å². The highest BCUT2D eigenvalue weighted by molar-refractivity contribution is 7.99. The standard InChI is InChI=1S/C10H20O6S/c11-3-1-2-4-17-10-9(15)8(14)7(13)6(5-12)16-10/h6-15H,1-5H2/t6-,7-,8+,9-,10+/m1/s1. The fraction of sp³-hybridized carbons (Fsp3) is 1.00. The molecule has 1 heterocycles. The molecule has 0 aliphatic carbocycles. The van der Waals surface area contributed by atoms with Crippen LogP contribution < -0.4 is 0 Å². The van der Waals surface area contributed by atoms with Gasteiger partial charge in [-0.1, -0.05) is 0 Å². The lowest BCUT2D eigenvalue weighted by Crippen LogP contribution is -2.57. The molecule has 0 bridgehead atoms. The Hall–Kier alpha value is 0.110. The van der Waals surface area contributed by atoms with Gasteiger partial charge in [-0.05, 0) is 18.6 Å². The molecule has 0 aromatic rings. The third-order valence-electron chi connectivity index (χ3n) is 2.68. The molecule has 5 N–H and O–H groups in total. The van der Waals surface area contributed by atoms with Gasteiger partial charge < -0.3 is 30.3 Å². The van der Waals surface area contributed by atoms with Crippen LogP contribution in [0.5, 0.6) is 0 Å². The van der Waals surface area contributed by atoms with Crippen LogP contribution in [0.15, 0.2) is 0 Å². The van der Waals surface area contributed by atoms with Crippen molar-refractivity contribution in [2.24, 2.45) is 0 Å². The van der Waals surface area contributed by atoms with Crippen LogP contribution in [0.4, 0.5) is 0 Å². The molecule has 1 fully saturated rings. The van der Waals surface area contributed by atoms with Gasteiger partial charge in [0.25, 0.3) is 0 Å². The number of hydrogen-bond acceptors (Lipinski definition) is 7. The lowest BCUT2D eigenvalue weighted by molar-refractivity contribution is -0.205. The maximum Gasteiger partial charge on any atom is 0.132 e. The van der Waals surface area contributed by atoms with Gasteiger partial charge in [0.1, 0.15) is 29.9 Å². The van der Waals surface area contributed by atoms with Crippen LogP contribution in [0.2, 0.25) is 0 Å². The third kappa shape index (κ3) is 4.06. The molecule has 1 aliphatic rings. The third-order valence-corrected chi connectivity index (χ3v) is 3.93. The fourth-order valence-electron chi connectivity index (χ4n) is 1.62. The smallest absolute Gasteiger partial charge is 0.132 e. The lowest BCUT2D eigenvalue weighted by atomic mass is 10.0. The number of aliphatic hydroxyl groups excluding tert-OH is 5. The first-order chi connectivity index (χ1) is 8.11. The Morgan fingerprint density at radius 2 is 1.65 bits per heavy atom. The highest BCUT2D eigenvalue weighted by atomic mass is 32.2. The number of aliphatic hydroxyl groups is 5. The van der Waals surface area contributed by atoms with E-state index in [9.17, 15) is 15.3 Å². The van der Waals surface area contributed by atoms with Crippen LogP contribution in [0.3, 0.4) is 0 Å². The van der Waals surface area contributed by atoms with Crippen LogP contribution in [0.25, 0.3) is 0 Å². The minimum atomic E-state index is -1.31. The molecule has 1 rings (SSSR count). The van der Waals surface area contributed by atoms with Gasteiger partial charge in [-0.2, -0.15) is 0 Å². The number of hydrogen-bond donors (Lipinski definition) is 5. The van der Waals surface area contributed by atoms with Crippen molar-refractivity contribution in [3.05, 3.63) is 0 Å². The monoisotopic (exact) mass is 268 g/mol. The van der Waals surface area contributed by atoms with Gasteiger partial charge in [-0.3, -0.25) is 0 Å². The van der Waals surface area contributed by atoms with E-state index in [-0.39, 0.29) is 6.61 Å². The Balaban J connectivity index is 2.42. The van der Waals surface area contributed by atoms with Crippen molar-refractivity contribution in [3.8, 4) is 0 Å². The maximum absolute atomic E-state index is 9.69. The van der Waals surface area contributed by atoms with Crippen LogP contribution in [0.1, 0.15) is 12.8 Å². The zero-order valence-corrected chi connectivity index (χ0v) is 10.3. The van der Waals surface area contributed by atoms with Crippen LogP contribution in [-0.2, 0) is 4.74 Å². The van der Waals surface area contributed by atoms with E-state index in [4.69, 9.17) is 14.9 Å². The second-order valence-electron chi connectivity index (χ2n) is 4.00. The Morgan fingerprint density at radius 1 is 0.941 bits per heavy atom. The fourth-order valence-corrected chi connectivity index (χ4v) is 2.80. The highest BCUT2D eigenvalue weighted by Gasteiger charge is 2.43. The average Bonchev–Trinajstić information content (AvgIpc) is 2.34. The predicted molar refractivity (Wildman–Crippen MR) is 62.5 cm³/mol. The zero-order valence-electron chi connectivity index (χ0n) is 9.47. The molecule has 0 unspecified atom stereocenters. The summed E-state index contributed by atoms with van der Waals surface area (Å²) in [7, 11) is 0. The van der Waals surface area contributed by atoms with E-state index >= 15 is 0 Å². The van der Waals surface area contributed by atoms with E-state index in [1.54, 1.807) is 0 Å². The van der Waals surface area contributed by atoms with Gasteiger partial charge in [-0.15, -0.1) is 11.8 Å². The van der Waals surface area contributed by atoms with Crippen molar-refractivity contribution in [1.82, 2.24) is 0 Å². The molecular weight excluding hydrogens is 248 g/mol. The summed E-state index contributed by atoms with van der Waals surface area (Å²) in [5, 5.41) is 46.4. The second-order valence-corrected chi connectivity index (χ2v) is 5.20. The van der Waals surface area contributed by atoms with Gasteiger partial charge in [-0.25, -0.2) is 0 Å². The molecule has 7 heteroatoms. The highest BCUT2D eigenvalue weighted by Crippen LogP contribution is 2.28. The Labute approximate surface area is 104 Å². The predicted octanol–water partition coefficient (Wildman–Crippen LogP) is -1.71. The molecule has 1 aliphatic heterocycles. The van der Waals surface area contributed by atoms with Gasteiger partial charge >= 0.3 is 0 Å². The molecule has 6 nitrogen and oxygen atoms in total. The summed E-state index contributed by atoms with van der Waals surface area (Å²) < 4.78 is 5.30. The van der Waals surface area contributed by atoms with Crippen molar-refractivity contribution < 1.29 is 30.3 Å². The Bertz CT molecular complexity index is 215. The quantitative estimate of drug-likeness (QED) is 0.365. The minimum Gasteiger partial charge on any atom is -0.396 e. The zero-order chi connectivity index (χ0) is 12.8. The topological polar surface area (TPSA) is 110 Å². The van der Waals surface area contributed by atoms with Gasteiger partial charge in [0.2, 0.25) is 0 Å². The first-order valence-corrected chi connectivity index (χ1v) is 6.69. The molecule has 102 valence electrons. The molecule has 0 amide bonds. The van der Waals surface area contributed by atoms with Crippen molar-refractivity contribution in [2.45, 2.75) is 42.7 Å². The second kappa shape index (κ2) is 7.52. The van der Waals surface area contributed by atoms with E-state index in [2.05, 4.69) is 0 Å². The molecule has 0 aromatic carbocycles. The first-order valence-electron chi connectivity index (χ1n) is 5.64.